The number of carbonyl (C=O) groups excluding carboxylic acids is 2. The van der Waals surface area contributed by atoms with Crippen LogP contribution in [0.3, 0.4) is 0 Å². The largest absolute Gasteiger partial charge is 0.350 e. The molecule has 2 amide bonds. The Balaban J connectivity index is 2.97. The van der Waals surface area contributed by atoms with Crippen molar-refractivity contribution >= 4 is 29.1 Å². The maximum absolute atomic E-state index is 12.1. The molecule has 1 rings (SSSR count). The van der Waals surface area contributed by atoms with Crippen LogP contribution in [0.2, 0.25) is 5.02 Å². The lowest BCUT2D eigenvalue weighted by Gasteiger charge is -2.15. The van der Waals surface area contributed by atoms with Gasteiger partial charge in [0.2, 0.25) is 5.91 Å². The molecule has 1 unspecified atom stereocenters. The number of anilines is 1. The summed E-state index contributed by atoms with van der Waals surface area (Å²) in [7, 11) is 0. The zero-order chi connectivity index (χ0) is 16.0. The lowest BCUT2D eigenvalue weighted by molar-refractivity contribution is -0.117. The summed E-state index contributed by atoms with van der Waals surface area (Å²) in [5.41, 5.74) is 6.51. The Hall–Kier alpha value is -1.59. The molecule has 1 atom stereocenters. The van der Waals surface area contributed by atoms with E-state index in [9.17, 15) is 9.59 Å². The van der Waals surface area contributed by atoms with Gasteiger partial charge in [0.05, 0.1) is 17.3 Å². The second-order valence-electron chi connectivity index (χ2n) is 5.20. The minimum Gasteiger partial charge on any atom is -0.350 e. The van der Waals surface area contributed by atoms with Crippen molar-refractivity contribution in [2.24, 2.45) is 5.73 Å². The van der Waals surface area contributed by atoms with Gasteiger partial charge in [-0.25, -0.2) is 0 Å². The fourth-order valence-corrected chi connectivity index (χ4v) is 2.00. The fraction of sp³-hybridized carbons (Fsp3) is 0.467. The van der Waals surface area contributed by atoms with Gasteiger partial charge >= 0.3 is 0 Å². The van der Waals surface area contributed by atoms with Crippen LogP contribution in [0.4, 0.5) is 5.69 Å². The SMILES string of the molecule is CCCC(N)C(=O)Nc1cc(Cl)ccc1C(=O)NC(C)C. The Labute approximate surface area is 130 Å². The summed E-state index contributed by atoms with van der Waals surface area (Å²) in [6.45, 7) is 5.68. The van der Waals surface area contributed by atoms with E-state index in [1.807, 2.05) is 20.8 Å². The molecular formula is C15H22ClN3O2. The monoisotopic (exact) mass is 311 g/mol. The number of rotatable bonds is 6. The first-order valence-electron chi connectivity index (χ1n) is 7.02. The summed E-state index contributed by atoms with van der Waals surface area (Å²) in [6, 6.07) is 4.14. The molecule has 0 aliphatic carbocycles. The molecule has 21 heavy (non-hydrogen) atoms. The number of hydrogen-bond acceptors (Lipinski definition) is 3. The summed E-state index contributed by atoms with van der Waals surface area (Å²) < 4.78 is 0. The maximum atomic E-state index is 12.1. The first-order chi connectivity index (χ1) is 9.85. The molecule has 5 nitrogen and oxygen atoms in total. The smallest absolute Gasteiger partial charge is 0.253 e. The van der Waals surface area contributed by atoms with Crippen LogP contribution in [0.25, 0.3) is 0 Å². The van der Waals surface area contributed by atoms with Crippen LogP contribution >= 0.6 is 11.6 Å². The highest BCUT2D eigenvalue weighted by atomic mass is 35.5. The molecule has 0 saturated heterocycles. The van der Waals surface area contributed by atoms with Crippen molar-refractivity contribution in [1.29, 1.82) is 0 Å². The van der Waals surface area contributed by atoms with Crippen LogP contribution in [0.1, 0.15) is 44.0 Å². The third-order valence-corrected chi connectivity index (χ3v) is 3.08. The van der Waals surface area contributed by atoms with Gasteiger partial charge in [-0.05, 0) is 38.5 Å². The molecule has 4 N–H and O–H groups in total. The molecule has 116 valence electrons. The minimum absolute atomic E-state index is 0.000854. The topological polar surface area (TPSA) is 84.2 Å². The fourth-order valence-electron chi connectivity index (χ4n) is 1.83. The number of halogens is 1. The molecule has 0 spiro atoms. The number of nitrogens with two attached hydrogens (primary N) is 1. The van der Waals surface area contributed by atoms with Gasteiger partial charge in [-0.2, -0.15) is 0 Å². The number of carbonyl (C=O) groups is 2. The van der Waals surface area contributed by atoms with Gasteiger partial charge in [0.25, 0.3) is 5.91 Å². The molecule has 6 heteroatoms. The molecule has 0 aliphatic heterocycles. The first-order valence-corrected chi connectivity index (χ1v) is 7.39. The summed E-state index contributed by atoms with van der Waals surface area (Å²) in [6.07, 6.45) is 1.39. The van der Waals surface area contributed by atoms with E-state index >= 15 is 0 Å². The lowest BCUT2D eigenvalue weighted by Crippen LogP contribution is -2.36. The quantitative estimate of drug-likeness (QED) is 0.755. The molecule has 0 radical (unpaired) electrons. The third kappa shape index (κ3) is 5.36. The van der Waals surface area contributed by atoms with Gasteiger partial charge in [0, 0.05) is 11.1 Å². The van der Waals surface area contributed by atoms with Crippen molar-refractivity contribution in [3.63, 3.8) is 0 Å². The van der Waals surface area contributed by atoms with E-state index in [0.29, 0.717) is 22.7 Å². The highest BCUT2D eigenvalue weighted by Gasteiger charge is 2.18. The normalized spacial score (nSPS) is 12.1. The Morgan fingerprint density at radius 2 is 2.00 bits per heavy atom. The number of benzene rings is 1. The minimum atomic E-state index is -0.602. The zero-order valence-corrected chi connectivity index (χ0v) is 13.3. The van der Waals surface area contributed by atoms with E-state index in [1.165, 1.54) is 0 Å². The molecule has 1 aromatic carbocycles. The van der Waals surface area contributed by atoms with Crippen molar-refractivity contribution in [2.45, 2.75) is 45.7 Å². The van der Waals surface area contributed by atoms with Crippen LogP contribution in [0.15, 0.2) is 18.2 Å². The molecule has 0 aliphatic rings. The van der Waals surface area contributed by atoms with Gasteiger partial charge in [-0.1, -0.05) is 24.9 Å². The highest BCUT2D eigenvalue weighted by Crippen LogP contribution is 2.21. The average molecular weight is 312 g/mol. The van der Waals surface area contributed by atoms with Gasteiger partial charge in [0.1, 0.15) is 0 Å². The van der Waals surface area contributed by atoms with Crippen molar-refractivity contribution in [2.75, 3.05) is 5.32 Å². The summed E-state index contributed by atoms with van der Waals surface area (Å²) >= 11 is 5.94. The highest BCUT2D eigenvalue weighted by molar-refractivity contribution is 6.31. The van der Waals surface area contributed by atoms with E-state index in [4.69, 9.17) is 17.3 Å². The van der Waals surface area contributed by atoms with E-state index in [-0.39, 0.29) is 17.9 Å². The van der Waals surface area contributed by atoms with E-state index in [2.05, 4.69) is 10.6 Å². The van der Waals surface area contributed by atoms with E-state index < -0.39 is 6.04 Å². The standard InChI is InChI=1S/C15H22ClN3O2/c1-4-5-12(17)15(21)19-13-8-10(16)6-7-11(13)14(20)18-9(2)3/h6-9,12H,4-5,17H2,1-3H3,(H,18,20)(H,19,21). The zero-order valence-electron chi connectivity index (χ0n) is 12.6. The molecule has 1 aromatic rings. The van der Waals surface area contributed by atoms with Crippen molar-refractivity contribution < 1.29 is 9.59 Å². The van der Waals surface area contributed by atoms with E-state index in [1.54, 1.807) is 18.2 Å². The second-order valence-corrected chi connectivity index (χ2v) is 5.64. The average Bonchev–Trinajstić information content (AvgIpc) is 2.38. The summed E-state index contributed by atoms with van der Waals surface area (Å²) in [4.78, 5) is 24.1. The molecule has 0 aromatic heterocycles. The van der Waals surface area contributed by atoms with Crippen molar-refractivity contribution in [1.82, 2.24) is 5.32 Å². The van der Waals surface area contributed by atoms with Gasteiger partial charge < -0.3 is 16.4 Å². The molecular weight excluding hydrogens is 290 g/mol. The van der Waals surface area contributed by atoms with Crippen LogP contribution in [0, 0.1) is 0 Å². The molecule has 0 fully saturated rings. The van der Waals surface area contributed by atoms with Crippen molar-refractivity contribution in [3.8, 4) is 0 Å². The Bertz CT molecular complexity index is 518. The second kappa shape index (κ2) is 8.00. The predicted molar refractivity (Wildman–Crippen MR) is 85.6 cm³/mol. The van der Waals surface area contributed by atoms with Gasteiger partial charge in [-0.15, -0.1) is 0 Å². The number of amides is 2. The maximum Gasteiger partial charge on any atom is 0.253 e. The predicted octanol–water partition coefficient (Wildman–Crippen LogP) is 2.54. The summed E-state index contributed by atoms with van der Waals surface area (Å²) in [5, 5.41) is 5.90. The third-order valence-electron chi connectivity index (χ3n) is 2.84. The Kier molecular flexibility index (Phi) is 6.65. The molecule has 0 heterocycles. The van der Waals surface area contributed by atoms with Crippen molar-refractivity contribution in [3.05, 3.63) is 28.8 Å². The number of nitrogens with one attached hydrogen (secondary N) is 2. The van der Waals surface area contributed by atoms with Gasteiger partial charge in [-0.3, -0.25) is 9.59 Å². The first kappa shape index (κ1) is 17.5. The van der Waals surface area contributed by atoms with Crippen LogP contribution in [-0.4, -0.2) is 23.9 Å². The van der Waals surface area contributed by atoms with Gasteiger partial charge in [0.15, 0.2) is 0 Å². The number of hydrogen-bond donors (Lipinski definition) is 3. The molecule has 0 bridgehead atoms. The van der Waals surface area contributed by atoms with Crippen LogP contribution in [0.5, 0.6) is 0 Å². The lowest BCUT2D eigenvalue weighted by atomic mass is 10.1. The van der Waals surface area contributed by atoms with Crippen LogP contribution < -0.4 is 16.4 Å². The van der Waals surface area contributed by atoms with E-state index in [0.717, 1.165) is 6.42 Å². The Morgan fingerprint density at radius 1 is 1.33 bits per heavy atom. The Morgan fingerprint density at radius 3 is 2.57 bits per heavy atom. The van der Waals surface area contributed by atoms with Crippen LogP contribution in [-0.2, 0) is 4.79 Å². The summed E-state index contributed by atoms with van der Waals surface area (Å²) in [5.74, 6) is -0.584. The molecule has 0 saturated carbocycles.